The van der Waals surface area contributed by atoms with Crippen LogP contribution in [0, 0.1) is 22.5 Å². The van der Waals surface area contributed by atoms with Crippen molar-refractivity contribution in [1.82, 2.24) is 4.90 Å². The lowest BCUT2D eigenvalue weighted by molar-refractivity contribution is -0.384. The van der Waals surface area contributed by atoms with Crippen molar-refractivity contribution in [1.29, 1.82) is 0 Å². The Balaban J connectivity index is 2.07. The Labute approximate surface area is 120 Å². The summed E-state index contributed by atoms with van der Waals surface area (Å²) in [6, 6.07) is 5.21. The molecule has 0 radical (unpaired) electrons. The standard InChI is InChI=1S/C15H23N3O2/c1-12-4-5-14(18(19)20)13(10-12)16-11-15(2)6-8-17(3)9-7-15/h4-5,10,16H,6-9,11H2,1-3H3. The van der Waals surface area contributed by atoms with Crippen molar-refractivity contribution in [3.05, 3.63) is 33.9 Å². The van der Waals surface area contributed by atoms with E-state index >= 15 is 0 Å². The summed E-state index contributed by atoms with van der Waals surface area (Å²) in [6.07, 6.45) is 2.24. The second kappa shape index (κ2) is 5.79. The molecule has 0 saturated carbocycles. The van der Waals surface area contributed by atoms with Crippen LogP contribution >= 0.6 is 0 Å². The molecule has 1 aromatic carbocycles. The van der Waals surface area contributed by atoms with Gasteiger partial charge < -0.3 is 10.2 Å². The summed E-state index contributed by atoms with van der Waals surface area (Å²) in [5, 5.41) is 14.4. The molecule has 1 heterocycles. The molecule has 110 valence electrons. The van der Waals surface area contributed by atoms with E-state index in [0.717, 1.165) is 38.0 Å². The smallest absolute Gasteiger partial charge is 0.292 e. The fourth-order valence-electron chi connectivity index (χ4n) is 2.59. The Bertz CT molecular complexity index is 494. The zero-order valence-corrected chi connectivity index (χ0v) is 12.5. The largest absolute Gasteiger partial charge is 0.379 e. The van der Waals surface area contributed by atoms with Gasteiger partial charge in [0.1, 0.15) is 5.69 Å². The van der Waals surface area contributed by atoms with E-state index in [1.54, 1.807) is 12.1 Å². The van der Waals surface area contributed by atoms with Crippen LogP contribution in [-0.4, -0.2) is 36.5 Å². The number of hydrogen-bond donors (Lipinski definition) is 1. The Morgan fingerprint density at radius 1 is 1.40 bits per heavy atom. The highest BCUT2D eigenvalue weighted by Crippen LogP contribution is 2.32. The molecule has 1 aromatic rings. The van der Waals surface area contributed by atoms with E-state index in [2.05, 4.69) is 24.2 Å². The molecule has 1 fully saturated rings. The first-order valence-corrected chi connectivity index (χ1v) is 7.07. The molecule has 0 atom stereocenters. The molecule has 1 saturated heterocycles. The molecule has 20 heavy (non-hydrogen) atoms. The van der Waals surface area contributed by atoms with Crippen molar-refractivity contribution in [2.24, 2.45) is 5.41 Å². The van der Waals surface area contributed by atoms with Gasteiger partial charge in [0.25, 0.3) is 5.69 Å². The number of nitro groups is 1. The van der Waals surface area contributed by atoms with Crippen molar-refractivity contribution in [2.45, 2.75) is 26.7 Å². The van der Waals surface area contributed by atoms with Gasteiger partial charge in [-0.15, -0.1) is 0 Å². The second-order valence-corrected chi connectivity index (χ2v) is 6.25. The van der Waals surface area contributed by atoms with E-state index in [1.807, 2.05) is 13.0 Å². The first-order valence-electron chi connectivity index (χ1n) is 7.07. The van der Waals surface area contributed by atoms with Gasteiger partial charge in [-0.1, -0.05) is 13.0 Å². The minimum Gasteiger partial charge on any atom is -0.379 e. The molecule has 0 unspecified atom stereocenters. The summed E-state index contributed by atoms with van der Waals surface area (Å²) in [5.41, 5.74) is 2.04. The number of hydrogen-bond acceptors (Lipinski definition) is 4. The minimum absolute atomic E-state index is 0.159. The molecule has 5 nitrogen and oxygen atoms in total. The van der Waals surface area contributed by atoms with Crippen molar-refractivity contribution < 1.29 is 4.92 Å². The molecular weight excluding hydrogens is 254 g/mol. The number of benzene rings is 1. The number of rotatable bonds is 4. The van der Waals surface area contributed by atoms with E-state index in [1.165, 1.54) is 0 Å². The monoisotopic (exact) mass is 277 g/mol. The van der Waals surface area contributed by atoms with Crippen LogP contribution in [0.15, 0.2) is 18.2 Å². The van der Waals surface area contributed by atoms with Crippen molar-refractivity contribution in [3.63, 3.8) is 0 Å². The van der Waals surface area contributed by atoms with Crippen molar-refractivity contribution in [2.75, 3.05) is 32.0 Å². The Hall–Kier alpha value is -1.62. The molecule has 0 bridgehead atoms. The van der Waals surface area contributed by atoms with Crippen LogP contribution in [0.4, 0.5) is 11.4 Å². The number of nitrogens with one attached hydrogen (secondary N) is 1. The van der Waals surface area contributed by atoms with Crippen LogP contribution in [0.3, 0.4) is 0 Å². The SMILES string of the molecule is Cc1ccc([N+](=O)[O-])c(NCC2(C)CCN(C)CC2)c1. The van der Waals surface area contributed by atoms with Gasteiger partial charge in [0, 0.05) is 12.6 Å². The first kappa shape index (κ1) is 14.8. The summed E-state index contributed by atoms with van der Waals surface area (Å²) in [6.45, 7) is 7.17. The number of nitrogens with zero attached hydrogens (tertiary/aromatic N) is 2. The molecule has 0 spiro atoms. The lowest BCUT2D eigenvalue weighted by Gasteiger charge is -2.38. The topological polar surface area (TPSA) is 58.4 Å². The van der Waals surface area contributed by atoms with Crippen LogP contribution in [0.1, 0.15) is 25.3 Å². The lowest BCUT2D eigenvalue weighted by Crippen LogP contribution is -2.40. The zero-order valence-electron chi connectivity index (χ0n) is 12.5. The van der Waals surface area contributed by atoms with Gasteiger partial charge in [0.15, 0.2) is 0 Å². The number of anilines is 1. The number of aryl methyl sites for hydroxylation is 1. The van der Waals surface area contributed by atoms with Gasteiger partial charge in [-0.3, -0.25) is 10.1 Å². The third-order valence-corrected chi connectivity index (χ3v) is 4.25. The molecule has 5 heteroatoms. The molecule has 0 amide bonds. The van der Waals surface area contributed by atoms with E-state index in [4.69, 9.17) is 0 Å². The van der Waals surface area contributed by atoms with Crippen LogP contribution in [0.2, 0.25) is 0 Å². The van der Waals surface area contributed by atoms with Crippen LogP contribution < -0.4 is 5.32 Å². The predicted octanol–water partition coefficient (Wildman–Crippen LogP) is 3.05. The maximum atomic E-state index is 11.1. The summed E-state index contributed by atoms with van der Waals surface area (Å²) >= 11 is 0. The van der Waals surface area contributed by atoms with Crippen LogP contribution in [-0.2, 0) is 0 Å². The van der Waals surface area contributed by atoms with Crippen molar-refractivity contribution in [3.8, 4) is 0 Å². The summed E-state index contributed by atoms with van der Waals surface area (Å²) in [5.74, 6) is 0. The summed E-state index contributed by atoms with van der Waals surface area (Å²) in [4.78, 5) is 13.1. The fraction of sp³-hybridized carbons (Fsp3) is 0.600. The molecule has 1 N–H and O–H groups in total. The van der Waals surface area contributed by atoms with Gasteiger partial charge in [0.2, 0.25) is 0 Å². The average molecular weight is 277 g/mol. The highest BCUT2D eigenvalue weighted by Gasteiger charge is 2.29. The fourth-order valence-corrected chi connectivity index (χ4v) is 2.59. The third kappa shape index (κ3) is 3.48. The predicted molar refractivity (Wildman–Crippen MR) is 81.2 cm³/mol. The van der Waals surface area contributed by atoms with Crippen LogP contribution in [0.5, 0.6) is 0 Å². The maximum absolute atomic E-state index is 11.1. The normalized spacial score (nSPS) is 18.8. The molecule has 1 aliphatic rings. The van der Waals surface area contributed by atoms with Crippen molar-refractivity contribution >= 4 is 11.4 Å². The molecule has 2 rings (SSSR count). The molecule has 1 aliphatic heterocycles. The van der Waals surface area contributed by atoms with Gasteiger partial charge in [-0.2, -0.15) is 0 Å². The van der Waals surface area contributed by atoms with E-state index < -0.39 is 0 Å². The van der Waals surface area contributed by atoms with Crippen LogP contribution in [0.25, 0.3) is 0 Å². The lowest BCUT2D eigenvalue weighted by atomic mass is 9.80. The second-order valence-electron chi connectivity index (χ2n) is 6.25. The van der Waals surface area contributed by atoms with E-state index in [-0.39, 0.29) is 16.0 Å². The number of likely N-dealkylation sites (tertiary alicyclic amines) is 1. The number of nitro benzene ring substituents is 1. The first-order chi connectivity index (χ1) is 9.39. The molecular formula is C15H23N3O2. The summed E-state index contributed by atoms with van der Waals surface area (Å²) in [7, 11) is 2.14. The third-order valence-electron chi connectivity index (χ3n) is 4.25. The Morgan fingerprint density at radius 2 is 2.05 bits per heavy atom. The highest BCUT2D eigenvalue weighted by molar-refractivity contribution is 5.62. The number of piperidine rings is 1. The maximum Gasteiger partial charge on any atom is 0.292 e. The Morgan fingerprint density at radius 3 is 2.65 bits per heavy atom. The minimum atomic E-state index is -0.321. The molecule has 0 aliphatic carbocycles. The van der Waals surface area contributed by atoms with Gasteiger partial charge in [-0.25, -0.2) is 0 Å². The Kier molecular flexibility index (Phi) is 4.28. The zero-order chi connectivity index (χ0) is 14.8. The van der Waals surface area contributed by atoms with Gasteiger partial charge in [-0.05, 0) is 56.9 Å². The van der Waals surface area contributed by atoms with E-state index in [0.29, 0.717) is 5.69 Å². The van der Waals surface area contributed by atoms with Gasteiger partial charge in [0.05, 0.1) is 4.92 Å². The molecule has 0 aromatic heterocycles. The van der Waals surface area contributed by atoms with E-state index in [9.17, 15) is 10.1 Å². The van der Waals surface area contributed by atoms with Gasteiger partial charge >= 0.3 is 0 Å². The average Bonchev–Trinajstić information content (AvgIpc) is 2.40. The quantitative estimate of drug-likeness (QED) is 0.679. The highest BCUT2D eigenvalue weighted by atomic mass is 16.6. The summed E-state index contributed by atoms with van der Waals surface area (Å²) < 4.78 is 0.